The van der Waals surface area contributed by atoms with E-state index in [9.17, 15) is 9.59 Å². The molecule has 6 nitrogen and oxygen atoms in total. The molecule has 0 radical (unpaired) electrons. The van der Waals surface area contributed by atoms with Gasteiger partial charge in [0.25, 0.3) is 0 Å². The molecule has 0 heterocycles. The van der Waals surface area contributed by atoms with Crippen molar-refractivity contribution in [2.45, 2.75) is 0 Å². The summed E-state index contributed by atoms with van der Waals surface area (Å²) in [5.41, 5.74) is -0.832. The molecule has 0 N–H and O–H groups in total. The minimum absolute atomic E-state index is 0.00670. The Morgan fingerprint density at radius 1 is 0.441 bits per heavy atom. The van der Waals surface area contributed by atoms with E-state index < -0.39 is 10.9 Å². The number of methoxy groups -OCH3 is 4. The van der Waals surface area contributed by atoms with E-state index in [0.717, 1.165) is 0 Å². The first-order chi connectivity index (χ1) is 16.5. The number of hydrogen-bond acceptors (Lipinski definition) is 6. The van der Waals surface area contributed by atoms with Crippen LogP contribution in [0.3, 0.4) is 0 Å². The smallest absolute Gasteiger partial charge is 0.195 e. The molecule has 0 saturated heterocycles. The lowest BCUT2D eigenvalue weighted by Crippen LogP contribution is -2.09. The van der Waals surface area contributed by atoms with E-state index in [2.05, 4.69) is 36.4 Å². The number of rotatable bonds is 4. The molecule has 34 heavy (non-hydrogen) atoms. The van der Waals surface area contributed by atoms with Crippen LogP contribution in [0.4, 0.5) is 0 Å². The number of fused-ring (bicyclic) bond motifs is 2. The average Bonchev–Trinajstić information content (AvgIpc) is 2.85. The van der Waals surface area contributed by atoms with Crippen molar-refractivity contribution in [2.75, 3.05) is 28.4 Å². The highest BCUT2D eigenvalue weighted by Crippen LogP contribution is 2.31. The third-order valence-electron chi connectivity index (χ3n) is 5.20. The minimum Gasteiger partial charge on any atom is -0.495 e. The number of benzene rings is 2. The SMILES string of the molecule is COc1ccc(OC)c2c#cc3c(OC)ccc(OC)c3c#cc3c(=O)ccc(=O)c=3c#cc12. The maximum Gasteiger partial charge on any atom is 0.195 e. The summed E-state index contributed by atoms with van der Waals surface area (Å²) in [6.07, 6.45) is 0. The van der Waals surface area contributed by atoms with Crippen molar-refractivity contribution < 1.29 is 18.9 Å². The number of ether oxygens (including phenoxy) is 4. The van der Waals surface area contributed by atoms with Crippen molar-refractivity contribution in [1.82, 2.24) is 0 Å². The molecule has 0 aliphatic heterocycles. The standard InChI is InChI=1S/C28H18O6/c1-31-25-13-15-27(33-3)21-9-10-22-20(26(32-2)14-16-28(22)34-4)8-6-18-17(5-7-19(21)25)23(29)11-12-24(18)30/h11-16H,1-4H3. The molecule has 0 bridgehead atoms. The van der Waals surface area contributed by atoms with Crippen LogP contribution in [0.1, 0.15) is 0 Å². The van der Waals surface area contributed by atoms with Crippen LogP contribution in [0.15, 0.2) is 46.0 Å². The van der Waals surface area contributed by atoms with Crippen LogP contribution in [0.25, 0.3) is 21.5 Å². The van der Waals surface area contributed by atoms with Gasteiger partial charge in [-0.3, -0.25) is 9.59 Å². The van der Waals surface area contributed by atoms with Gasteiger partial charge in [0.2, 0.25) is 0 Å². The lowest BCUT2D eigenvalue weighted by atomic mass is 10.1. The summed E-state index contributed by atoms with van der Waals surface area (Å²) >= 11 is 0. The Labute approximate surface area is 195 Å². The van der Waals surface area contributed by atoms with Gasteiger partial charge in [-0.15, -0.1) is 0 Å². The Morgan fingerprint density at radius 2 is 0.706 bits per heavy atom. The molecule has 0 saturated carbocycles. The summed E-state index contributed by atoms with van der Waals surface area (Å²) in [5, 5.41) is 1.71. The monoisotopic (exact) mass is 450 g/mol. The lowest BCUT2D eigenvalue weighted by molar-refractivity contribution is 0.410. The first kappa shape index (κ1) is 22.3. The average molecular weight is 450 g/mol. The quantitative estimate of drug-likeness (QED) is 0.475. The fourth-order valence-corrected chi connectivity index (χ4v) is 3.49. The van der Waals surface area contributed by atoms with E-state index >= 15 is 0 Å². The van der Waals surface area contributed by atoms with Gasteiger partial charge in [-0.2, -0.15) is 0 Å². The summed E-state index contributed by atoms with van der Waals surface area (Å²) in [6.45, 7) is 0. The first-order valence-corrected chi connectivity index (χ1v) is 10.1. The molecule has 2 aliphatic rings. The van der Waals surface area contributed by atoms with E-state index in [0.29, 0.717) is 44.5 Å². The zero-order chi connectivity index (χ0) is 24.2. The van der Waals surface area contributed by atoms with Gasteiger partial charge < -0.3 is 18.9 Å². The number of hydrogen-bond donors (Lipinski definition) is 0. The van der Waals surface area contributed by atoms with Crippen LogP contribution in [-0.4, -0.2) is 28.4 Å². The molecule has 6 heteroatoms. The van der Waals surface area contributed by atoms with Gasteiger partial charge in [0.1, 0.15) is 23.0 Å². The van der Waals surface area contributed by atoms with Crippen molar-refractivity contribution >= 4 is 21.5 Å². The third kappa shape index (κ3) is 3.88. The Hall–Kier alpha value is -4.86. The van der Waals surface area contributed by atoms with Gasteiger partial charge in [0.15, 0.2) is 10.9 Å². The Bertz CT molecular complexity index is 1520. The van der Waals surface area contributed by atoms with Gasteiger partial charge in [-0.1, -0.05) is 36.4 Å². The second-order valence-electron chi connectivity index (χ2n) is 7.00. The highest BCUT2D eigenvalue weighted by molar-refractivity contribution is 5.93. The predicted octanol–water partition coefficient (Wildman–Crippen LogP) is 3.40. The van der Waals surface area contributed by atoms with Crippen LogP contribution < -0.4 is 29.8 Å². The zero-order valence-corrected chi connectivity index (χ0v) is 18.9. The fourth-order valence-electron chi connectivity index (χ4n) is 3.49. The summed E-state index contributed by atoms with van der Waals surface area (Å²) in [6, 6.07) is 27.0. The lowest BCUT2D eigenvalue weighted by Gasteiger charge is -2.06. The van der Waals surface area contributed by atoms with Gasteiger partial charge >= 0.3 is 0 Å². The Balaban J connectivity index is 2.42. The highest BCUT2D eigenvalue weighted by Gasteiger charge is 2.07. The first-order valence-electron chi connectivity index (χ1n) is 10.1. The molecule has 0 fully saturated rings. The van der Waals surface area contributed by atoms with Gasteiger partial charge in [0.05, 0.1) is 60.4 Å². The molecule has 4 rings (SSSR count). The second kappa shape index (κ2) is 9.33. The maximum absolute atomic E-state index is 12.7. The van der Waals surface area contributed by atoms with Crippen molar-refractivity contribution in [3.8, 4) is 23.0 Å². The normalized spacial score (nSPS) is 9.88. The van der Waals surface area contributed by atoms with Crippen molar-refractivity contribution in [3.05, 3.63) is 104 Å². The van der Waals surface area contributed by atoms with Gasteiger partial charge in [0, 0.05) is 0 Å². The molecule has 2 aromatic carbocycles. The van der Waals surface area contributed by atoms with Crippen molar-refractivity contribution in [3.63, 3.8) is 0 Å². The van der Waals surface area contributed by atoms with E-state index in [1.54, 1.807) is 24.3 Å². The molecule has 0 spiro atoms. The van der Waals surface area contributed by atoms with Gasteiger partial charge in [-0.05, 0) is 36.4 Å². The molecule has 166 valence electrons. The van der Waals surface area contributed by atoms with Crippen molar-refractivity contribution in [1.29, 1.82) is 0 Å². The van der Waals surface area contributed by atoms with Crippen LogP contribution in [0.2, 0.25) is 0 Å². The molecule has 0 aromatic heterocycles. The molecular weight excluding hydrogens is 432 g/mol. The molecule has 0 amide bonds. The molecule has 2 aromatic rings. The summed E-state index contributed by atoms with van der Waals surface area (Å²) in [7, 11) is 6.05. The summed E-state index contributed by atoms with van der Waals surface area (Å²) in [5.74, 6) is 1.80. The predicted molar refractivity (Wildman–Crippen MR) is 126 cm³/mol. The largest absolute Gasteiger partial charge is 0.495 e. The fraction of sp³-hybridized carbons (Fsp3) is 0.143. The van der Waals surface area contributed by atoms with E-state index in [-0.39, 0.29) is 10.4 Å². The minimum atomic E-state index is -0.416. The summed E-state index contributed by atoms with van der Waals surface area (Å²) < 4.78 is 22.0. The topological polar surface area (TPSA) is 71.1 Å². The van der Waals surface area contributed by atoms with E-state index in [1.807, 2.05) is 0 Å². The highest BCUT2D eigenvalue weighted by atomic mass is 16.5. The third-order valence-corrected chi connectivity index (χ3v) is 5.20. The maximum atomic E-state index is 12.7. The van der Waals surface area contributed by atoms with Crippen LogP contribution in [0.5, 0.6) is 23.0 Å². The Kier molecular flexibility index (Phi) is 6.13. The van der Waals surface area contributed by atoms with Crippen LogP contribution in [0, 0.1) is 46.8 Å². The van der Waals surface area contributed by atoms with Crippen LogP contribution >= 0.6 is 0 Å². The molecule has 0 atom stereocenters. The molecule has 0 unspecified atom stereocenters. The molecule has 2 aliphatic carbocycles. The summed E-state index contributed by atoms with van der Waals surface area (Å²) in [4.78, 5) is 25.3. The Morgan fingerprint density at radius 3 is 0.971 bits per heavy atom. The van der Waals surface area contributed by atoms with Crippen LogP contribution in [-0.2, 0) is 0 Å². The van der Waals surface area contributed by atoms with Gasteiger partial charge in [-0.25, -0.2) is 0 Å². The van der Waals surface area contributed by atoms with E-state index in [1.165, 1.54) is 40.6 Å². The zero-order valence-electron chi connectivity index (χ0n) is 18.9. The van der Waals surface area contributed by atoms with Crippen molar-refractivity contribution in [2.24, 2.45) is 0 Å². The van der Waals surface area contributed by atoms with E-state index in [4.69, 9.17) is 18.9 Å². The molecular formula is C28H18O6. The second-order valence-corrected chi connectivity index (χ2v) is 7.00.